The first kappa shape index (κ1) is 93.1. The Labute approximate surface area is 581 Å². The summed E-state index contributed by atoms with van der Waals surface area (Å²) < 4.78 is 68.4. The molecule has 0 aliphatic rings. The minimum absolute atomic E-state index is 0.106. The number of esters is 4. The second kappa shape index (κ2) is 67.9. The van der Waals surface area contributed by atoms with Crippen LogP contribution in [0.2, 0.25) is 0 Å². The fourth-order valence-electron chi connectivity index (χ4n) is 11.6. The van der Waals surface area contributed by atoms with E-state index in [2.05, 4.69) is 41.5 Å². The molecular weight excluding hydrogens is 1250 g/mol. The molecule has 0 radical (unpaired) electrons. The first-order valence-electron chi connectivity index (χ1n) is 39.5. The molecule has 0 spiro atoms. The average molecular weight is 1400 g/mol. The molecule has 0 fully saturated rings. The lowest BCUT2D eigenvalue weighted by Gasteiger charge is -2.21. The molecule has 95 heavy (non-hydrogen) atoms. The van der Waals surface area contributed by atoms with E-state index < -0.39 is 97.5 Å². The molecule has 0 saturated carbocycles. The molecule has 3 N–H and O–H groups in total. The third-order valence-electron chi connectivity index (χ3n) is 18.1. The number of hydrogen-bond donors (Lipinski definition) is 3. The lowest BCUT2D eigenvalue weighted by Crippen LogP contribution is -2.30. The molecule has 564 valence electrons. The van der Waals surface area contributed by atoms with Crippen LogP contribution in [0.5, 0.6) is 0 Å². The minimum Gasteiger partial charge on any atom is -0.462 e. The van der Waals surface area contributed by atoms with Crippen molar-refractivity contribution in [2.24, 2.45) is 11.8 Å². The fraction of sp³-hybridized carbons (Fsp3) is 0.947. The molecule has 0 rings (SSSR count). The van der Waals surface area contributed by atoms with E-state index in [1.165, 1.54) is 205 Å². The van der Waals surface area contributed by atoms with Crippen LogP contribution in [0.4, 0.5) is 0 Å². The summed E-state index contributed by atoms with van der Waals surface area (Å²) in [7, 11) is -9.91. The number of aliphatic hydroxyl groups is 1. The number of ether oxygens (including phenoxy) is 4. The van der Waals surface area contributed by atoms with Crippen molar-refractivity contribution < 1.29 is 80.2 Å². The number of phosphoric ester groups is 2. The topological polar surface area (TPSA) is 237 Å². The van der Waals surface area contributed by atoms with E-state index in [0.717, 1.165) is 102 Å². The molecule has 0 heterocycles. The number of carbonyl (C=O) groups is 4. The summed E-state index contributed by atoms with van der Waals surface area (Å²) in [5.74, 6) is -0.630. The number of carbonyl (C=O) groups excluding carboxylic acids is 4. The molecule has 0 aromatic carbocycles. The van der Waals surface area contributed by atoms with E-state index >= 15 is 0 Å². The van der Waals surface area contributed by atoms with Crippen LogP contribution in [0.15, 0.2) is 0 Å². The van der Waals surface area contributed by atoms with Crippen LogP contribution in [0.3, 0.4) is 0 Å². The first-order chi connectivity index (χ1) is 45.9. The molecule has 0 bridgehead atoms. The van der Waals surface area contributed by atoms with Crippen molar-refractivity contribution in [3.63, 3.8) is 0 Å². The summed E-state index contributed by atoms with van der Waals surface area (Å²) in [6, 6.07) is 0. The zero-order chi connectivity index (χ0) is 70.0. The van der Waals surface area contributed by atoms with Gasteiger partial charge in [-0.1, -0.05) is 343 Å². The maximum absolute atomic E-state index is 13.1. The van der Waals surface area contributed by atoms with Gasteiger partial charge in [0.2, 0.25) is 0 Å². The Bertz CT molecular complexity index is 1840. The third kappa shape index (κ3) is 69.0. The van der Waals surface area contributed by atoms with Gasteiger partial charge in [-0.25, -0.2) is 9.13 Å². The molecule has 0 aliphatic carbocycles. The third-order valence-corrected chi connectivity index (χ3v) is 20.0. The van der Waals surface area contributed by atoms with E-state index in [1.807, 2.05) is 0 Å². The predicted molar refractivity (Wildman–Crippen MR) is 386 cm³/mol. The van der Waals surface area contributed by atoms with Gasteiger partial charge in [-0.15, -0.1) is 0 Å². The molecule has 17 nitrogen and oxygen atoms in total. The molecule has 6 atom stereocenters. The summed E-state index contributed by atoms with van der Waals surface area (Å²) in [5, 5.41) is 10.6. The summed E-state index contributed by atoms with van der Waals surface area (Å²) >= 11 is 0. The molecule has 19 heteroatoms. The smallest absolute Gasteiger partial charge is 0.462 e. The zero-order valence-corrected chi connectivity index (χ0v) is 63.8. The van der Waals surface area contributed by atoms with E-state index in [9.17, 15) is 43.2 Å². The van der Waals surface area contributed by atoms with Crippen molar-refractivity contribution in [3.05, 3.63) is 0 Å². The first-order valence-corrected chi connectivity index (χ1v) is 42.5. The molecule has 0 aliphatic heterocycles. The van der Waals surface area contributed by atoms with Crippen LogP contribution in [-0.4, -0.2) is 96.7 Å². The lowest BCUT2D eigenvalue weighted by atomic mass is 9.99. The van der Waals surface area contributed by atoms with E-state index in [0.29, 0.717) is 31.6 Å². The van der Waals surface area contributed by atoms with Gasteiger partial charge in [-0.05, 0) is 37.5 Å². The number of unbranched alkanes of at least 4 members (excludes halogenated alkanes) is 44. The number of aliphatic hydroxyl groups excluding tert-OH is 1. The van der Waals surface area contributed by atoms with Crippen LogP contribution < -0.4 is 0 Å². The Hall–Kier alpha value is -1.94. The maximum Gasteiger partial charge on any atom is 0.472 e. The summed E-state index contributed by atoms with van der Waals surface area (Å²) in [5.41, 5.74) is 0. The Morgan fingerprint density at radius 1 is 0.305 bits per heavy atom. The standard InChI is InChI=1S/C76H148O17P2/c1-7-10-12-14-16-18-20-21-22-23-24-25-26-27-28-29-31-37-41-49-55-61-76(81)92-71(64-86-73(78)58-52-46-39-35-33-32-34-38-45-51-57-69(6)9-3)66-90-94(82,83)88-62-70(77)63-89-95(84,85)91-67-72(65-87-74(79)59-53-47-43-42-44-50-56-68(4)5)93-75(80)60-54-48-40-36-30-19-17-15-13-11-8-2/h68-72,77H,7-67H2,1-6H3,(H,82,83)(H,84,85)/t69?,70-,71-,72-/m1/s1. The van der Waals surface area contributed by atoms with E-state index in [1.54, 1.807) is 0 Å². The maximum atomic E-state index is 13.1. The number of rotatable bonds is 75. The Morgan fingerprint density at radius 3 is 0.800 bits per heavy atom. The predicted octanol–water partition coefficient (Wildman–Crippen LogP) is 22.3. The second-order valence-corrected chi connectivity index (χ2v) is 31.0. The van der Waals surface area contributed by atoms with Crippen LogP contribution in [0.1, 0.15) is 395 Å². The van der Waals surface area contributed by atoms with Crippen LogP contribution in [0, 0.1) is 11.8 Å². The van der Waals surface area contributed by atoms with Gasteiger partial charge in [0.1, 0.15) is 19.3 Å². The number of hydrogen-bond acceptors (Lipinski definition) is 15. The minimum atomic E-state index is -4.96. The quantitative estimate of drug-likeness (QED) is 0.0222. The Kier molecular flexibility index (Phi) is 66.5. The molecule has 0 saturated heterocycles. The lowest BCUT2D eigenvalue weighted by molar-refractivity contribution is -0.161. The van der Waals surface area contributed by atoms with Gasteiger partial charge in [0.15, 0.2) is 12.2 Å². The van der Waals surface area contributed by atoms with Crippen molar-refractivity contribution in [2.75, 3.05) is 39.6 Å². The molecule has 0 amide bonds. The van der Waals surface area contributed by atoms with Crippen LogP contribution >= 0.6 is 15.6 Å². The van der Waals surface area contributed by atoms with Crippen molar-refractivity contribution >= 4 is 39.5 Å². The molecule has 0 aromatic heterocycles. The highest BCUT2D eigenvalue weighted by Crippen LogP contribution is 2.45. The van der Waals surface area contributed by atoms with E-state index in [-0.39, 0.29) is 25.7 Å². The van der Waals surface area contributed by atoms with Crippen molar-refractivity contribution in [2.45, 2.75) is 413 Å². The van der Waals surface area contributed by atoms with Gasteiger partial charge >= 0.3 is 39.5 Å². The van der Waals surface area contributed by atoms with Crippen LogP contribution in [0.25, 0.3) is 0 Å². The molecule has 0 aromatic rings. The summed E-state index contributed by atoms with van der Waals surface area (Å²) in [4.78, 5) is 72.7. The van der Waals surface area contributed by atoms with Crippen molar-refractivity contribution in [1.82, 2.24) is 0 Å². The SMILES string of the molecule is CCCCCCCCCCCCCCCCCCCCCCCC(=O)O[C@H](COC(=O)CCCCCCCCCCCCC(C)CC)COP(=O)(O)OC[C@@H](O)COP(=O)(O)OC[C@@H](COC(=O)CCCCCCCCC(C)C)OC(=O)CCCCCCCCCCCCC. The van der Waals surface area contributed by atoms with Crippen molar-refractivity contribution in [3.8, 4) is 0 Å². The van der Waals surface area contributed by atoms with E-state index in [4.69, 9.17) is 37.0 Å². The highest BCUT2D eigenvalue weighted by Gasteiger charge is 2.30. The fourth-order valence-corrected chi connectivity index (χ4v) is 13.2. The van der Waals surface area contributed by atoms with Gasteiger partial charge in [-0.3, -0.25) is 37.3 Å². The summed E-state index contributed by atoms with van der Waals surface area (Å²) in [6.45, 7) is 9.53. The largest absolute Gasteiger partial charge is 0.472 e. The zero-order valence-electron chi connectivity index (χ0n) is 62.0. The van der Waals surface area contributed by atoms with Gasteiger partial charge in [0.05, 0.1) is 26.4 Å². The highest BCUT2D eigenvalue weighted by molar-refractivity contribution is 7.47. The summed E-state index contributed by atoms with van der Waals surface area (Å²) in [6.07, 6.45) is 55.7. The van der Waals surface area contributed by atoms with Gasteiger partial charge < -0.3 is 33.8 Å². The van der Waals surface area contributed by atoms with Gasteiger partial charge in [0, 0.05) is 25.7 Å². The average Bonchev–Trinajstić information content (AvgIpc) is 1.48. The van der Waals surface area contributed by atoms with Gasteiger partial charge in [0.25, 0.3) is 0 Å². The highest BCUT2D eigenvalue weighted by atomic mass is 31.2. The normalized spacial score (nSPS) is 14.3. The van der Waals surface area contributed by atoms with Gasteiger partial charge in [-0.2, -0.15) is 0 Å². The Balaban J connectivity index is 5.19. The molecular formula is C76H148O17P2. The van der Waals surface area contributed by atoms with Crippen LogP contribution in [-0.2, 0) is 65.4 Å². The van der Waals surface area contributed by atoms with Crippen molar-refractivity contribution in [1.29, 1.82) is 0 Å². The molecule has 3 unspecified atom stereocenters. The number of phosphoric acid groups is 2. The Morgan fingerprint density at radius 2 is 0.537 bits per heavy atom. The second-order valence-electron chi connectivity index (χ2n) is 28.1. The monoisotopic (exact) mass is 1400 g/mol.